The molecule has 2 aromatic rings. The molecule has 6 heteroatoms. The lowest BCUT2D eigenvalue weighted by Crippen LogP contribution is -2.53. The van der Waals surface area contributed by atoms with Gasteiger partial charge < -0.3 is 19.7 Å². The van der Waals surface area contributed by atoms with Crippen LogP contribution in [0.3, 0.4) is 0 Å². The maximum Gasteiger partial charge on any atom is 0.261 e. The molecule has 2 rings (SSSR count). The number of carbonyl (C=O) groups is 2. The first-order valence-corrected chi connectivity index (χ1v) is 10.6. The number of nitrogens with zero attached hydrogens (tertiary/aromatic N) is 1. The van der Waals surface area contributed by atoms with Crippen molar-refractivity contribution in [3.8, 4) is 11.5 Å². The molecule has 0 bridgehead atoms. The number of hydrogen-bond donors (Lipinski definition) is 1. The first-order chi connectivity index (χ1) is 14.6. The maximum absolute atomic E-state index is 13.1. The largest absolute Gasteiger partial charge is 0.497 e. The number of amides is 2. The summed E-state index contributed by atoms with van der Waals surface area (Å²) in [5.74, 6) is 0.845. The fourth-order valence-electron chi connectivity index (χ4n) is 3.07. The van der Waals surface area contributed by atoms with Crippen molar-refractivity contribution in [1.82, 2.24) is 10.2 Å². The van der Waals surface area contributed by atoms with E-state index in [2.05, 4.69) is 12.2 Å². The van der Waals surface area contributed by atoms with Gasteiger partial charge in [0, 0.05) is 12.1 Å². The van der Waals surface area contributed by atoms with Gasteiger partial charge in [-0.2, -0.15) is 0 Å². The third kappa shape index (κ3) is 7.63. The van der Waals surface area contributed by atoms with Crippen LogP contribution in [0.4, 0.5) is 0 Å². The van der Waals surface area contributed by atoms with Crippen LogP contribution in [-0.4, -0.2) is 42.0 Å². The number of ether oxygens (including phenoxy) is 2. The second-order valence-electron chi connectivity index (χ2n) is 8.57. The van der Waals surface area contributed by atoms with E-state index >= 15 is 0 Å². The van der Waals surface area contributed by atoms with Gasteiger partial charge in [0.1, 0.15) is 17.5 Å². The zero-order valence-corrected chi connectivity index (χ0v) is 19.4. The number of rotatable bonds is 9. The Hall–Kier alpha value is -3.02. The van der Waals surface area contributed by atoms with Crippen LogP contribution < -0.4 is 14.8 Å². The number of nitrogens with one attached hydrogen (secondary N) is 1. The Morgan fingerprint density at radius 3 is 2.29 bits per heavy atom. The lowest BCUT2D eigenvalue weighted by molar-refractivity contribution is -0.142. The van der Waals surface area contributed by atoms with Crippen molar-refractivity contribution in [2.75, 3.05) is 13.7 Å². The van der Waals surface area contributed by atoms with Gasteiger partial charge in [0.2, 0.25) is 5.91 Å². The Morgan fingerprint density at radius 1 is 1.03 bits per heavy atom. The van der Waals surface area contributed by atoms with Crippen molar-refractivity contribution in [3.63, 3.8) is 0 Å². The van der Waals surface area contributed by atoms with E-state index in [0.29, 0.717) is 11.5 Å². The van der Waals surface area contributed by atoms with Gasteiger partial charge in [0.15, 0.2) is 6.61 Å². The standard InChI is InChI=1S/C25H34N2O4/c1-7-19-11-13-21(14-12-19)31-17-23(28)27(18(2)24(29)26-25(3,4)5)16-20-9-8-10-22(15-20)30-6/h8-15,18H,7,16-17H2,1-6H3,(H,26,29). The van der Waals surface area contributed by atoms with Crippen LogP contribution in [0.25, 0.3) is 0 Å². The average Bonchev–Trinajstić information content (AvgIpc) is 2.74. The van der Waals surface area contributed by atoms with Crippen molar-refractivity contribution in [1.29, 1.82) is 0 Å². The van der Waals surface area contributed by atoms with Crippen molar-refractivity contribution in [3.05, 3.63) is 59.7 Å². The molecule has 0 heterocycles. The third-order valence-corrected chi connectivity index (χ3v) is 4.85. The number of methoxy groups -OCH3 is 1. The molecule has 0 aliphatic rings. The molecule has 0 saturated heterocycles. The highest BCUT2D eigenvalue weighted by Crippen LogP contribution is 2.18. The molecule has 0 aliphatic heterocycles. The summed E-state index contributed by atoms with van der Waals surface area (Å²) in [5.41, 5.74) is 1.68. The highest BCUT2D eigenvalue weighted by molar-refractivity contribution is 5.88. The summed E-state index contributed by atoms with van der Waals surface area (Å²) in [7, 11) is 1.60. The summed E-state index contributed by atoms with van der Waals surface area (Å²) in [6.07, 6.45) is 0.938. The lowest BCUT2D eigenvalue weighted by atomic mass is 10.1. The summed E-state index contributed by atoms with van der Waals surface area (Å²) in [4.78, 5) is 27.4. The summed E-state index contributed by atoms with van der Waals surface area (Å²) in [6, 6.07) is 14.5. The predicted molar refractivity (Wildman–Crippen MR) is 122 cm³/mol. The monoisotopic (exact) mass is 426 g/mol. The summed E-state index contributed by atoms with van der Waals surface area (Å²) < 4.78 is 11.0. The van der Waals surface area contributed by atoms with E-state index in [9.17, 15) is 9.59 Å². The molecular formula is C25H34N2O4. The van der Waals surface area contributed by atoms with E-state index in [0.717, 1.165) is 12.0 Å². The molecule has 0 saturated carbocycles. The van der Waals surface area contributed by atoms with Gasteiger partial charge in [0.05, 0.1) is 7.11 Å². The van der Waals surface area contributed by atoms with Crippen LogP contribution in [0.2, 0.25) is 0 Å². The first-order valence-electron chi connectivity index (χ1n) is 10.6. The third-order valence-electron chi connectivity index (χ3n) is 4.85. The van der Waals surface area contributed by atoms with E-state index in [1.165, 1.54) is 10.5 Å². The lowest BCUT2D eigenvalue weighted by Gasteiger charge is -2.31. The Labute approximate surface area is 185 Å². The Morgan fingerprint density at radius 2 is 1.71 bits per heavy atom. The quantitative estimate of drug-likeness (QED) is 0.659. The molecule has 1 atom stereocenters. The van der Waals surface area contributed by atoms with Crippen LogP contribution in [0, 0.1) is 0 Å². The fourth-order valence-corrected chi connectivity index (χ4v) is 3.07. The second kappa shape index (κ2) is 10.8. The molecule has 0 aromatic heterocycles. The molecule has 1 unspecified atom stereocenters. The van der Waals surface area contributed by atoms with Crippen LogP contribution in [0.1, 0.15) is 45.7 Å². The Bertz CT molecular complexity index is 872. The molecule has 0 radical (unpaired) electrons. The van der Waals surface area contributed by atoms with Gasteiger partial charge in [-0.25, -0.2) is 0 Å². The Kier molecular flexibility index (Phi) is 8.48. The predicted octanol–water partition coefficient (Wildman–Crippen LogP) is 3.97. The molecular weight excluding hydrogens is 392 g/mol. The summed E-state index contributed by atoms with van der Waals surface area (Å²) >= 11 is 0. The second-order valence-corrected chi connectivity index (χ2v) is 8.57. The van der Waals surface area contributed by atoms with E-state index in [1.54, 1.807) is 14.0 Å². The van der Waals surface area contributed by atoms with Gasteiger partial charge >= 0.3 is 0 Å². The summed E-state index contributed by atoms with van der Waals surface area (Å²) in [6.45, 7) is 9.67. The molecule has 0 fully saturated rings. The highest BCUT2D eigenvalue weighted by atomic mass is 16.5. The van der Waals surface area contributed by atoms with Crippen molar-refractivity contribution in [2.24, 2.45) is 0 Å². The van der Waals surface area contributed by atoms with E-state index in [-0.39, 0.29) is 25.0 Å². The van der Waals surface area contributed by atoms with Gasteiger partial charge in [-0.05, 0) is 69.5 Å². The zero-order valence-electron chi connectivity index (χ0n) is 19.4. The van der Waals surface area contributed by atoms with Crippen molar-refractivity contribution in [2.45, 2.75) is 59.2 Å². The highest BCUT2D eigenvalue weighted by Gasteiger charge is 2.28. The topological polar surface area (TPSA) is 67.9 Å². The molecule has 2 amide bonds. The van der Waals surface area contributed by atoms with Gasteiger partial charge in [-0.1, -0.05) is 31.2 Å². The minimum Gasteiger partial charge on any atom is -0.497 e. The minimum absolute atomic E-state index is 0.150. The van der Waals surface area contributed by atoms with E-state index < -0.39 is 11.6 Å². The molecule has 168 valence electrons. The van der Waals surface area contributed by atoms with Gasteiger partial charge in [-0.3, -0.25) is 9.59 Å². The van der Waals surface area contributed by atoms with Crippen molar-refractivity contribution >= 4 is 11.8 Å². The van der Waals surface area contributed by atoms with Crippen molar-refractivity contribution < 1.29 is 19.1 Å². The smallest absolute Gasteiger partial charge is 0.261 e. The van der Waals surface area contributed by atoms with Gasteiger partial charge in [-0.15, -0.1) is 0 Å². The fraction of sp³-hybridized carbons (Fsp3) is 0.440. The molecule has 2 aromatic carbocycles. The Balaban J connectivity index is 2.17. The number of benzene rings is 2. The SMILES string of the molecule is CCc1ccc(OCC(=O)N(Cc2cccc(OC)c2)C(C)C(=O)NC(C)(C)C)cc1. The van der Waals surface area contributed by atoms with E-state index in [4.69, 9.17) is 9.47 Å². The number of carbonyl (C=O) groups excluding carboxylic acids is 2. The minimum atomic E-state index is -0.663. The number of aryl methyl sites for hydroxylation is 1. The molecule has 0 aliphatic carbocycles. The van der Waals surface area contributed by atoms with Crippen LogP contribution in [0.5, 0.6) is 11.5 Å². The zero-order chi connectivity index (χ0) is 23.0. The van der Waals surface area contributed by atoms with Crippen LogP contribution >= 0.6 is 0 Å². The normalized spacial score (nSPS) is 12.1. The average molecular weight is 427 g/mol. The molecule has 6 nitrogen and oxygen atoms in total. The molecule has 1 N–H and O–H groups in total. The summed E-state index contributed by atoms with van der Waals surface area (Å²) in [5, 5.41) is 2.95. The number of hydrogen-bond acceptors (Lipinski definition) is 4. The van der Waals surface area contributed by atoms with E-state index in [1.807, 2.05) is 69.3 Å². The van der Waals surface area contributed by atoms with Gasteiger partial charge in [0.25, 0.3) is 5.91 Å². The van der Waals surface area contributed by atoms with Crippen LogP contribution in [0.15, 0.2) is 48.5 Å². The first kappa shape index (κ1) is 24.3. The molecule has 31 heavy (non-hydrogen) atoms. The maximum atomic E-state index is 13.1. The molecule has 0 spiro atoms. The van der Waals surface area contributed by atoms with Crippen LogP contribution in [-0.2, 0) is 22.6 Å².